The number of benzene rings is 2. The minimum atomic E-state index is -0.144. The van der Waals surface area contributed by atoms with Crippen LogP contribution in [0.25, 0.3) is 0 Å². The quantitative estimate of drug-likeness (QED) is 0.775. The predicted molar refractivity (Wildman–Crippen MR) is 114 cm³/mol. The molecule has 0 spiro atoms. The number of amides is 3. The van der Waals surface area contributed by atoms with E-state index in [-0.39, 0.29) is 11.9 Å². The Bertz CT molecular complexity index is 862. The Labute approximate surface area is 172 Å². The lowest BCUT2D eigenvalue weighted by molar-refractivity contribution is 0.0949. The molecule has 0 radical (unpaired) electrons. The van der Waals surface area contributed by atoms with Crippen molar-refractivity contribution in [3.63, 3.8) is 0 Å². The van der Waals surface area contributed by atoms with Crippen LogP contribution in [0.1, 0.15) is 42.3 Å². The van der Waals surface area contributed by atoms with Crippen LogP contribution in [-0.2, 0) is 13.0 Å². The number of fused-ring (bicyclic) bond motifs is 1. The zero-order valence-electron chi connectivity index (χ0n) is 17.3. The molecule has 6 heteroatoms. The van der Waals surface area contributed by atoms with Crippen LogP contribution in [0.2, 0.25) is 0 Å². The van der Waals surface area contributed by atoms with E-state index in [1.807, 2.05) is 19.1 Å². The van der Waals surface area contributed by atoms with Gasteiger partial charge in [-0.2, -0.15) is 0 Å². The summed E-state index contributed by atoms with van der Waals surface area (Å²) < 4.78 is 5.57. The molecule has 1 heterocycles. The molecule has 154 valence electrons. The van der Waals surface area contributed by atoms with Crippen LogP contribution in [0.15, 0.2) is 42.5 Å². The Morgan fingerprint density at radius 1 is 1.10 bits per heavy atom. The monoisotopic (exact) mass is 395 g/mol. The number of hydrogen-bond acceptors (Lipinski definition) is 3. The molecule has 0 aromatic heterocycles. The summed E-state index contributed by atoms with van der Waals surface area (Å²) >= 11 is 0. The van der Waals surface area contributed by atoms with Crippen LogP contribution in [0.4, 0.5) is 10.5 Å². The Kier molecular flexibility index (Phi) is 6.75. The lowest BCUT2D eigenvalue weighted by Crippen LogP contribution is -2.38. The number of rotatable bonds is 6. The molecule has 0 atom stereocenters. The lowest BCUT2D eigenvalue weighted by atomic mass is 10.00. The average molecular weight is 396 g/mol. The number of urea groups is 1. The zero-order valence-corrected chi connectivity index (χ0v) is 17.3. The molecule has 3 rings (SSSR count). The second-order valence-electron chi connectivity index (χ2n) is 7.65. The minimum absolute atomic E-state index is 0.102. The Morgan fingerprint density at radius 3 is 2.55 bits per heavy atom. The van der Waals surface area contributed by atoms with Crippen LogP contribution < -0.4 is 15.4 Å². The molecule has 6 nitrogen and oxygen atoms in total. The van der Waals surface area contributed by atoms with Gasteiger partial charge in [0.25, 0.3) is 5.91 Å². The number of hydrogen-bond donors (Lipinski definition) is 2. The van der Waals surface area contributed by atoms with Crippen LogP contribution in [0.5, 0.6) is 5.75 Å². The van der Waals surface area contributed by atoms with E-state index >= 15 is 0 Å². The number of carbonyl (C=O) groups excluding carboxylic acids is 2. The van der Waals surface area contributed by atoms with Gasteiger partial charge in [0.1, 0.15) is 5.75 Å². The van der Waals surface area contributed by atoms with Crippen LogP contribution >= 0.6 is 0 Å². The fourth-order valence-electron chi connectivity index (χ4n) is 3.27. The van der Waals surface area contributed by atoms with E-state index in [2.05, 4.69) is 30.5 Å². The summed E-state index contributed by atoms with van der Waals surface area (Å²) in [4.78, 5) is 26.6. The maximum absolute atomic E-state index is 12.7. The first-order valence-corrected chi connectivity index (χ1v) is 10.1. The molecule has 1 aliphatic rings. The lowest BCUT2D eigenvalue weighted by Gasteiger charge is -2.29. The molecule has 0 bridgehead atoms. The summed E-state index contributed by atoms with van der Waals surface area (Å²) in [5, 5.41) is 5.81. The van der Waals surface area contributed by atoms with Crippen molar-refractivity contribution in [1.29, 1.82) is 0 Å². The standard InChI is InChI=1S/C23H29N3O3/c1-4-29-21-10-7-17-11-12-26(15-19(17)13-21)23(28)25-20-8-5-18(6-9-20)22(27)24-14-16(2)3/h5-10,13,16H,4,11-12,14-15H2,1-3H3,(H,24,27)(H,25,28). The fourth-order valence-corrected chi connectivity index (χ4v) is 3.27. The Hall–Kier alpha value is -3.02. The SMILES string of the molecule is CCOc1ccc2c(c1)CN(C(=O)Nc1ccc(C(=O)NCC(C)C)cc1)CC2. The largest absolute Gasteiger partial charge is 0.494 e. The van der Waals surface area contributed by atoms with E-state index in [1.54, 1.807) is 29.2 Å². The van der Waals surface area contributed by atoms with E-state index < -0.39 is 0 Å². The van der Waals surface area contributed by atoms with Gasteiger partial charge in [-0.05, 0) is 66.8 Å². The highest BCUT2D eigenvalue weighted by Gasteiger charge is 2.21. The van der Waals surface area contributed by atoms with Crippen LogP contribution in [0.3, 0.4) is 0 Å². The van der Waals surface area contributed by atoms with Crippen LogP contribution in [-0.4, -0.2) is 36.5 Å². The number of nitrogens with one attached hydrogen (secondary N) is 2. The Morgan fingerprint density at radius 2 is 1.86 bits per heavy atom. The third-order valence-corrected chi connectivity index (χ3v) is 4.86. The maximum atomic E-state index is 12.7. The Balaban J connectivity index is 1.59. The van der Waals surface area contributed by atoms with Crippen molar-refractivity contribution < 1.29 is 14.3 Å². The number of anilines is 1. The molecule has 2 N–H and O–H groups in total. The van der Waals surface area contributed by atoms with Crippen molar-refractivity contribution in [1.82, 2.24) is 10.2 Å². The fraction of sp³-hybridized carbons (Fsp3) is 0.391. The maximum Gasteiger partial charge on any atom is 0.322 e. The highest BCUT2D eigenvalue weighted by atomic mass is 16.5. The first-order valence-electron chi connectivity index (χ1n) is 10.1. The molecule has 0 fully saturated rings. The molecule has 0 aliphatic carbocycles. The summed E-state index contributed by atoms with van der Waals surface area (Å²) in [5.41, 5.74) is 3.63. The van der Waals surface area contributed by atoms with Crippen molar-refractivity contribution in [2.45, 2.75) is 33.7 Å². The summed E-state index contributed by atoms with van der Waals surface area (Å²) in [5.74, 6) is 1.13. The molecule has 0 saturated heterocycles. The van der Waals surface area contributed by atoms with Crippen molar-refractivity contribution in [2.75, 3.05) is 25.0 Å². The number of nitrogens with zero attached hydrogens (tertiary/aromatic N) is 1. The van der Waals surface area contributed by atoms with Crippen molar-refractivity contribution >= 4 is 17.6 Å². The molecule has 2 aromatic rings. The van der Waals surface area contributed by atoms with Gasteiger partial charge in [-0.3, -0.25) is 4.79 Å². The first kappa shape index (κ1) is 20.7. The van der Waals surface area contributed by atoms with E-state index in [1.165, 1.54) is 5.56 Å². The second kappa shape index (κ2) is 9.45. The normalized spacial score (nSPS) is 13.0. The molecule has 0 saturated carbocycles. The topological polar surface area (TPSA) is 70.7 Å². The van der Waals surface area contributed by atoms with Gasteiger partial charge in [-0.15, -0.1) is 0 Å². The van der Waals surface area contributed by atoms with Crippen LogP contribution in [0, 0.1) is 5.92 Å². The van der Waals surface area contributed by atoms with Gasteiger partial charge in [0.15, 0.2) is 0 Å². The molecular weight excluding hydrogens is 366 g/mol. The van der Waals surface area contributed by atoms with E-state index in [9.17, 15) is 9.59 Å². The van der Waals surface area contributed by atoms with E-state index in [0.717, 1.165) is 17.7 Å². The third-order valence-electron chi connectivity index (χ3n) is 4.86. The summed E-state index contributed by atoms with van der Waals surface area (Å²) in [6.45, 7) is 8.54. The highest BCUT2D eigenvalue weighted by molar-refractivity contribution is 5.95. The molecule has 3 amide bonds. The molecule has 2 aromatic carbocycles. The van der Waals surface area contributed by atoms with Gasteiger partial charge >= 0.3 is 6.03 Å². The van der Waals surface area contributed by atoms with E-state index in [4.69, 9.17) is 4.74 Å². The van der Waals surface area contributed by atoms with Crippen molar-refractivity contribution in [3.05, 3.63) is 59.2 Å². The van der Waals surface area contributed by atoms with E-state index in [0.29, 0.717) is 43.4 Å². The minimum Gasteiger partial charge on any atom is -0.494 e. The first-order chi connectivity index (χ1) is 14.0. The van der Waals surface area contributed by atoms with Gasteiger partial charge in [0.2, 0.25) is 0 Å². The second-order valence-corrected chi connectivity index (χ2v) is 7.65. The van der Waals surface area contributed by atoms with Gasteiger partial charge in [0, 0.05) is 30.9 Å². The number of ether oxygens (including phenoxy) is 1. The third kappa shape index (κ3) is 5.50. The smallest absolute Gasteiger partial charge is 0.322 e. The summed E-state index contributed by atoms with van der Waals surface area (Å²) in [6.07, 6.45) is 0.824. The number of carbonyl (C=O) groups is 2. The molecular formula is C23H29N3O3. The molecule has 1 aliphatic heterocycles. The van der Waals surface area contributed by atoms with Gasteiger partial charge in [-0.25, -0.2) is 4.79 Å². The van der Waals surface area contributed by atoms with Crippen molar-refractivity contribution in [2.24, 2.45) is 5.92 Å². The van der Waals surface area contributed by atoms with Gasteiger partial charge in [0.05, 0.1) is 6.61 Å². The summed E-state index contributed by atoms with van der Waals surface area (Å²) in [7, 11) is 0. The van der Waals surface area contributed by atoms with Gasteiger partial charge in [-0.1, -0.05) is 19.9 Å². The van der Waals surface area contributed by atoms with Crippen molar-refractivity contribution in [3.8, 4) is 5.75 Å². The molecule has 29 heavy (non-hydrogen) atoms. The summed E-state index contributed by atoms with van der Waals surface area (Å²) in [6, 6.07) is 12.9. The van der Waals surface area contributed by atoms with Gasteiger partial charge < -0.3 is 20.3 Å². The predicted octanol–water partition coefficient (Wildman–Crippen LogP) is 4.06. The molecule has 0 unspecified atom stereocenters. The zero-order chi connectivity index (χ0) is 20.8. The average Bonchev–Trinajstić information content (AvgIpc) is 2.72. The highest BCUT2D eigenvalue weighted by Crippen LogP contribution is 2.24.